The molecule has 0 aliphatic carbocycles. The second-order valence-electron chi connectivity index (χ2n) is 13.5. The third kappa shape index (κ3) is 13.9. The quantitative estimate of drug-likeness (QED) is 0.0668. The maximum Gasteiger partial charge on any atom is 0.255 e. The van der Waals surface area contributed by atoms with Crippen LogP contribution in [0.25, 0.3) is 0 Å². The van der Waals surface area contributed by atoms with E-state index in [0.29, 0.717) is 23.7 Å². The number of pyridine rings is 1. The van der Waals surface area contributed by atoms with Gasteiger partial charge in [-0.2, -0.15) is 0 Å². The van der Waals surface area contributed by atoms with Crippen molar-refractivity contribution in [2.24, 2.45) is 0 Å². The molecule has 0 saturated carbocycles. The molecule has 1 heterocycles. The topological polar surface area (TPSA) is 33.4 Å². The van der Waals surface area contributed by atoms with Gasteiger partial charge < -0.3 is 33.6 Å². The minimum atomic E-state index is -0.0906. The highest BCUT2D eigenvalue weighted by Gasteiger charge is 2.23. The standard InChI is InChI=1S/C40H58ClN2O2.HI/c1-6-8-9-10-11-12-13-14-15-16-17-20-29-45-38-24-23-34(30-36(38)40(3,4)5)32-43(31-33-25-27-42(7-2)28-26-33)39(44)35-21-18-19-22-37(35)41;/h18-19,21-28,30H,6-17,20,29,31-32H2,1-5H3;1H/q+1;/p-1. The van der Waals surface area contributed by atoms with E-state index in [9.17, 15) is 4.79 Å². The lowest BCUT2D eigenvalue weighted by Crippen LogP contribution is -3.00. The minimum Gasteiger partial charge on any atom is -1.00 e. The number of hydrogen-bond donors (Lipinski definition) is 0. The third-order valence-corrected chi connectivity index (χ3v) is 8.90. The number of amides is 1. The van der Waals surface area contributed by atoms with E-state index in [2.05, 4.69) is 81.9 Å². The molecule has 0 fully saturated rings. The van der Waals surface area contributed by atoms with Crippen LogP contribution in [-0.4, -0.2) is 17.4 Å². The summed E-state index contributed by atoms with van der Waals surface area (Å²) < 4.78 is 8.49. The van der Waals surface area contributed by atoms with Gasteiger partial charge in [0.25, 0.3) is 5.91 Å². The largest absolute Gasteiger partial charge is 1.00 e. The zero-order valence-corrected chi connectivity index (χ0v) is 32.0. The van der Waals surface area contributed by atoms with Crippen LogP contribution in [0.15, 0.2) is 67.0 Å². The van der Waals surface area contributed by atoms with Crippen LogP contribution in [0.2, 0.25) is 5.02 Å². The summed E-state index contributed by atoms with van der Waals surface area (Å²) in [6, 6.07) is 17.9. The van der Waals surface area contributed by atoms with Gasteiger partial charge in [-0.25, -0.2) is 4.57 Å². The van der Waals surface area contributed by atoms with Gasteiger partial charge in [0, 0.05) is 25.2 Å². The van der Waals surface area contributed by atoms with Gasteiger partial charge in [-0.3, -0.25) is 4.79 Å². The number of benzene rings is 2. The number of aryl methyl sites for hydroxylation is 1. The molecule has 1 amide bonds. The summed E-state index contributed by atoms with van der Waals surface area (Å²) in [7, 11) is 0. The summed E-state index contributed by atoms with van der Waals surface area (Å²) in [6.45, 7) is 13.7. The molecule has 254 valence electrons. The first-order valence-electron chi connectivity index (χ1n) is 17.5. The molecule has 0 atom stereocenters. The SMILES string of the molecule is CCCCCCCCCCCCCCOc1ccc(CN(Cc2cc[n+](CC)cc2)C(=O)c2ccccc2Cl)cc1C(C)(C)C.[I-]. The predicted molar refractivity (Wildman–Crippen MR) is 189 cm³/mol. The van der Waals surface area contributed by atoms with Crippen molar-refractivity contribution in [2.75, 3.05) is 6.61 Å². The fourth-order valence-electron chi connectivity index (χ4n) is 5.76. The van der Waals surface area contributed by atoms with E-state index < -0.39 is 0 Å². The van der Waals surface area contributed by atoms with E-state index in [-0.39, 0.29) is 35.3 Å². The molecule has 0 bridgehead atoms. The van der Waals surface area contributed by atoms with Crippen LogP contribution in [0.4, 0.5) is 0 Å². The van der Waals surface area contributed by atoms with E-state index in [1.807, 2.05) is 17.0 Å². The maximum atomic E-state index is 13.8. The van der Waals surface area contributed by atoms with E-state index in [0.717, 1.165) is 36.4 Å². The number of rotatable bonds is 20. The molecule has 1 aromatic heterocycles. The van der Waals surface area contributed by atoms with Crippen LogP contribution in [0.1, 0.15) is 139 Å². The summed E-state index contributed by atoms with van der Waals surface area (Å²) in [5.41, 5.74) is 3.77. The van der Waals surface area contributed by atoms with E-state index in [1.165, 1.54) is 76.2 Å². The Balaban J connectivity index is 0.00000736. The van der Waals surface area contributed by atoms with Crippen molar-refractivity contribution in [3.63, 3.8) is 0 Å². The summed E-state index contributed by atoms with van der Waals surface area (Å²) in [5, 5.41) is 0.473. The lowest BCUT2D eigenvalue weighted by atomic mass is 9.85. The van der Waals surface area contributed by atoms with Crippen LogP contribution in [0, 0.1) is 0 Å². The zero-order valence-electron chi connectivity index (χ0n) is 29.1. The first-order valence-corrected chi connectivity index (χ1v) is 17.9. The van der Waals surface area contributed by atoms with Crippen molar-refractivity contribution in [1.82, 2.24) is 4.90 Å². The summed E-state index contributed by atoms with van der Waals surface area (Å²) in [5.74, 6) is 0.878. The fourth-order valence-corrected chi connectivity index (χ4v) is 5.98. The van der Waals surface area contributed by atoms with Gasteiger partial charge >= 0.3 is 0 Å². The second-order valence-corrected chi connectivity index (χ2v) is 13.9. The Morgan fingerprint density at radius 2 is 1.33 bits per heavy atom. The molecule has 0 aliphatic heterocycles. The van der Waals surface area contributed by atoms with Gasteiger partial charge in [-0.05, 0) is 59.7 Å². The van der Waals surface area contributed by atoms with Crippen molar-refractivity contribution in [2.45, 2.75) is 137 Å². The molecule has 6 heteroatoms. The number of nitrogens with zero attached hydrogens (tertiary/aromatic N) is 2. The summed E-state index contributed by atoms with van der Waals surface area (Å²) in [6.07, 6.45) is 20.1. The van der Waals surface area contributed by atoms with Crippen molar-refractivity contribution in [3.8, 4) is 5.75 Å². The molecule has 0 saturated heterocycles. The minimum absolute atomic E-state index is 0. The highest BCUT2D eigenvalue weighted by atomic mass is 127. The van der Waals surface area contributed by atoms with E-state index in [1.54, 1.807) is 12.1 Å². The van der Waals surface area contributed by atoms with Crippen LogP contribution in [0.3, 0.4) is 0 Å². The van der Waals surface area contributed by atoms with Crippen molar-refractivity contribution in [1.29, 1.82) is 0 Å². The molecule has 3 aromatic rings. The van der Waals surface area contributed by atoms with Crippen LogP contribution >= 0.6 is 11.6 Å². The highest BCUT2D eigenvalue weighted by Crippen LogP contribution is 2.33. The maximum absolute atomic E-state index is 13.8. The molecule has 46 heavy (non-hydrogen) atoms. The number of unbranched alkanes of at least 4 members (excludes halogenated alkanes) is 11. The Morgan fingerprint density at radius 3 is 1.89 bits per heavy atom. The molecule has 4 nitrogen and oxygen atoms in total. The summed E-state index contributed by atoms with van der Waals surface area (Å²) >= 11 is 6.48. The molecular formula is C40H58ClIN2O2. The monoisotopic (exact) mass is 760 g/mol. The highest BCUT2D eigenvalue weighted by molar-refractivity contribution is 6.33. The van der Waals surface area contributed by atoms with E-state index >= 15 is 0 Å². The van der Waals surface area contributed by atoms with Gasteiger partial charge in [0.2, 0.25) is 0 Å². The molecule has 0 aliphatic rings. The number of halogens is 2. The van der Waals surface area contributed by atoms with Gasteiger partial charge in [-0.1, -0.05) is 128 Å². The Bertz CT molecular complexity index is 1290. The van der Waals surface area contributed by atoms with Gasteiger partial charge in [-0.15, -0.1) is 0 Å². The molecular weight excluding hydrogens is 703 g/mol. The average Bonchev–Trinajstić information content (AvgIpc) is 3.03. The number of aromatic nitrogens is 1. The van der Waals surface area contributed by atoms with Crippen molar-refractivity contribution < 1.29 is 38.1 Å². The van der Waals surface area contributed by atoms with E-state index in [4.69, 9.17) is 16.3 Å². The molecule has 0 unspecified atom stereocenters. The molecule has 0 N–H and O–H groups in total. The number of hydrogen-bond acceptors (Lipinski definition) is 2. The van der Waals surface area contributed by atoms with Crippen molar-refractivity contribution >= 4 is 17.5 Å². The van der Waals surface area contributed by atoms with Crippen LogP contribution in [0.5, 0.6) is 5.75 Å². The third-order valence-electron chi connectivity index (χ3n) is 8.57. The first kappa shape index (κ1) is 40.1. The summed E-state index contributed by atoms with van der Waals surface area (Å²) in [4.78, 5) is 15.7. The molecule has 0 radical (unpaired) electrons. The van der Waals surface area contributed by atoms with Gasteiger partial charge in [0.1, 0.15) is 12.3 Å². The van der Waals surface area contributed by atoms with Crippen LogP contribution in [-0.2, 0) is 25.0 Å². The Morgan fingerprint density at radius 1 is 0.761 bits per heavy atom. The molecule has 0 spiro atoms. The Kier molecular flexibility index (Phi) is 18.9. The zero-order chi connectivity index (χ0) is 32.5. The van der Waals surface area contributed by atoms with Crippen LogP contribution < -0.4 is 33.3 Å². The Hall–Kier alpha value is -2.12. The smallest absolute Gasteiger partial charge is 0.255 e. The lowest BCUT2D eigenvalue weighted by Gasteiger charge is -2.27. The molecule has 2 aromatic carbocycles. The number of ether oxygens (including phenoxy) is 1. The van der Waals surface area contributed by atoms with Gasteiger partial charge in [0.05, 0.1) is 17.2 Å². The first-order chi connectivity index (χ1) is 21.7. The number of carbonyl (C=O) groups is 1. The molecule has 3 rings (SSSR count). The normalized spacial score (nSPS) is 11.3. The van der Waals surface area contributed by atoms with Crippen molar-refractivity contribution in [3.05, 3.63) is 94.3 Å². The Labute approximate surface area is 302 Å². The average molecular weight is 761 g/mol. The van der Waals surface area contributed by atoms with Gasteiger partial charge in [0.15, 0.2) is 12.4 Å². The predicted octanol–water partition coefficient (Wildman–Crippen LogP) is 7.87. The fraction of sp³-hybridized carbons (Fsp3) is 0.550. The second kappa shape index (κ2) is 21.7. The lowest BCUT2D eigenvalue weighted by molar-refractivity contribution is -0.693. The number of carbonyl (C=O) groups excluding carboxylic acids is 1.